The standard InChI is InChI=1S/C11H9IN2S/c12-8-2-1-7-5-10-11(13-3-4-15-10)14-9(7)6-8/h1-2,5-6H,3-4H2,(H,13,14). The number of hydrogen-bond acceptors (Lipinski definition) is 3. The third kappa shape index (κ3) is 1.80. The van der Waals surface area contributed by atoms with Crippen LogP contribution in [0, 0.1) is 3.57 Å². The molecular formula is C11H9IN2S. The highest BCUT2D eigenvalue weighted by Crippen LogP contribution is 2.32. The van der Waals surface area contributed by atoms with Crippen LogP contribution in [0.15, 0.2) is 29.2 Å². The number of halogens is 1. The molecule has 1 aromatic carbocycles. The maximum Gasteiger partial charge on any atom is 0.140 e. The molecule has 0 aliphatic carbocycles. The molecule has 0 fully saturated rings. The fourth-order valence-electron chi connectivity index (χ4n) is 1.69. The van der Waals surface area contributed by atoms with Gasteiger partial charge in [-0.3, -0.25) is 0 Å². The van der Waals surface area contributed by atoms with Crippen LogP contribution in [-0.2, 0) is 0 Å². The van der Waals surface area contributed by atoms with Crippen molar-refractivity contribution in [3.05, 3.63) is 27.8 Å². The van der Waals surface area contributed by atoms with Gasteiger partial charge < -0.3 is 5.32 Å². The zero-order chi connectivity index (χ0) is 10.3. The molecule has 0 spiro atoms. The Kier molecular flexibility index (Phi) is 2.48. The number of anilines is 1. The Bertz CT molecular complexity index is 527. The summed E-state index contributed by atoms with van der Waals surface area (Å²) in [6, 6.07) is 8.61. The fourth-order valence-corrected chi connectivity index (χ4v) is 3.05. The number of pyridine rings is 1. The highest BCUT2D eigenvalue weighted by molar-refractivity contribution is 14.1. The Hall–Kier alpha value is -0.490. The number of nitrogens with one attached hydrogen (secondary N) is 1. The van der Waals surface area contributed by atoms with E-state index in [4.69, 9.17) is 0 Å². The second kappa shape index (κ2) is 3.83. The molecule has 0 amide bonds. The van der Waals surface area contributed by atoms with E-state index in [1.54, 1.807) is 0 Å². The van der Waals surface area contributed by atoms with Gasteiger partial charge >= 0.3 is 0 Å². The number of aromatic nitrogens is 1. The minimum absolute atomic E-state index is 1.01. The minimum Gasteiger partial charge on any atom is -0.368 e. The van der Waals surface area contributed by atoms with E-state index in [0.29, 0.717) is 0 Å². The van der Waals surface area contributed by atoms with Crippen molar-refractivity contribution in [3.63, 3.8) is 0 Å². The lowest BCUT2D eigenvalue weighted by Crippen LogP contribution is -2.11. The summed E-state index contributed by atoms with van der Waals surface area (Å²) in [7, 11) is 0. The van der Waals surface area contributed by atoms with Crippen LogP contribution in [0.3, 0.4) is 0 Å². The monoisotopic (exact) mass is 328 g/mol. The first-order valence-corrected chi connectivity index (χ1v) is 6.86. The van der Waals surface area contributed by atoms with E-state index in [1.807, 2.05) is 11.8 Å². The molecule has 2 nitrogen and oxygen atoms in total. The van der Waals surface area contributed by atoms with Crippen molar-refractivity contribution in [3.8, 4) is 0 Å². The van der Waals surface area contributed by atoms with E-state index in [9.17, 15) is 0 Å². The predicted octanol–water partition coefficient (Wildman–Crippen LogP) is 3.36. The average Bonchev–Trinajstić information content (AvgIpc) is 2.26. The Morgan fingerprint density at radius 1 is 1.33 bits per heavy atom. The molecule has 1 N–H and O–H groups in total. The first-order valence-electron chi connectivity index (χ1n) is 4.80. The molecule has 1 aliphatic heterocycles. The fraction of sp³-hybridized carbons (Fsp3) is 0.182. The second-order valence-electron chi connectivity index (χ2n) is 3.45. The third-order valence-electron chi connectivity index (χ3n) is 2.40. The summed E-state index contributed by atoms with van der Waals surface area (Å²) in [5.41, 5.74) is 1.08. The van der Waals surface area contributed by atoms with E-state index in [2.05, 4.69) is 57.2 Å². The van der Waals surface area contributed by atoms with Crippen molar-refractivity contribution < 1.29 is 0 Å². The summed E-state index contributed by atoms with van der Waals surface area (Å²) in [6.07, 6.45) is 0. The summed E-state index contributed by atoms with van der Waals surface area (Å²) in [5.74, 6) is 2.17. The lowest BCUT2D eigenvalue weighted by molar-refractivity contribution is 1.12. The van der Waals surface area contributed by atoms with Crippen LogP contribution in [0.25, 0.3) is 10.9 Å². The Labute approximate surface area is 106 Å². The molecule has 1 aromatic heterocycles. The van der Waals surface area contributed by atoms with Gasteiger partial charge in [0.2, 0.25) is 0 Å². The summed E-state index contributed by atoms with van der Waals surface area (Å²) in [4.78, 5) is 5.91. The number of nitrogens with zero attached hydrogens (tertiary/aromatic N) is 1. The van der Waals surface area contributed by atoms with Crippen molar-refractivity contribution in [1.82, 2.24) is 4.98 Å². The average molecular weight is 328 g/mol. The maximum absolute atomic E-state index is 4.64. The molecular weight excluding hydrogens is 319 g/mol. The summed E-state index contributed by atoms with van der Waals surface area (Å²) in [6.45, 7) is 1.01. The molecule has 0 saturated carbocycles. The Morgan fingerprint density at radius 3 is 3.20 bits per heavy atom. The predicted molar refractivity (Wildman–Crippen MR) is 73.7 cm³/mol. The van der Waals surface area contributed by atoms with E-state index in [1.165, 1.54) is 13.9 Å². The lowest BCUT2D eigenvalue weighted by Gasteiger charge is -2.16. The van der Waals surface area contributed by atoms with Crippen LogP contribution >= 0.6 is 34.4 Å². The lowest BCUT2D eigenvalue weighted by atomic mass is 10.2. The van der Waals surface area contributed by atoms with Crippen molar-refractivity contribution in [1.29, 1.82) is 0 Å². The van der Waals surface area contributed by atoms with Crippen LogP contribution in [0.2, 0.25) is 0 Å². The van der Waals surface area contributed by atoms with Crippen LogP contribution < -0.4 is 5.32 Å². The molecule has 2 heterocycles. The number of rotatable bonds is 0. The van der Waals surface area contributed by atoms with Crippen molar-refractivity contribution in [2.24, 2.45) is 0 Å². The molecule has 76 valence electrons. The highest BCUT2D eigenvalue weighted by Gasteiger charge is 2.11. The molecule has 15 heavy (non-hydrogen) atoms. The normalized spacial score (nSPS) is 14.7. The van der Waals surface area contributed by atoms with Gasteiger partial charge in [-0.25, -0.2) is 4.98 Å². The van der Waals surface area contributed by atoms with Gasteiger partial charge in [0.05, 0.1) is 10.4 Å². The highest BCUT2D eigenvalue weighted by atomic mass is 127. The van der Waals surface area contributed by atoms with E-state index in [0.717, 1.165) is 23.6 Å². The number of fused-ring (bicyclic) bond motifs is 2. The molecule has 0 radical (unpaired) electrons. The molecule has 0 bridgehead atoms. The molecule has 0 saturated heterocycles. The minimum atomic E-state index is 1.01. The second-order valence-corrected chi connectivity index (χ2v) is 5.83. The smallest absolute Gasteiger partial charge is 0.140 e. The van der Waals surface area contributed by atoms with E-state index in [-0.39, 0.29) is 0 Å². The van der Waals surface area contributed by atoms with Crippen LogP contribution in [-0.4, -0.2) is 17.3 Å². The summed E-state index contributed by atoms with van der Waals surface area (Å²) in [5, 5.41) is 4.57. The van der Waals surface area contributed by atoms with Crippen LogP contribution in [0.4, 0.5) is 5.82 Å². The van der Waals surface area contributed by atoms with Gasteiger partial charge in [0, 0.05) is 21.3 Å². The SMILES string of the molecule is Ic1ccc2cc3c(nc2c1)NCCS3. The first kappa shape index (κ1) is 9.72. The Morgan fingerprint density at radius 2 is 2.27 bits per heavy atom. The quantitative estimate of drug-likeness (QED) is 0.751. The first-order chi connectivity index (χ1) is 7.33. The molecule has 0 unspecified atom stereocenters. The third-order valence-corrected chi connectivity index (χ3v) is 4.10. The van der Waals surface area contributed by atoms with Crippen molar-refractivity contribution in [2.45, 2.75) is 4.90 Å². The molecule has 1 aliphatic rings. The zero-order valence-corrected chi connectivity index (χ0v) is 10.9. The summed E-state index contributed by atoms with van der Waals surface area (Å²) < 4.78 is 1.23. The van der Waals surface area contributed by atoms with Gasteiger partial charge in [-0.1, -0.05) is 6.07 Å². The van der Waals surface area contributed by atoms with Gasteiger partial charge in [0.15, 0.2) is 0 Å². The molecule has 3 rings (SSSR count). The number of thioether (sulfide) groups is 1. The van der Waals surface area contributed by atoms with Gasteiger partial charge in [0.25, 0.3) is 0 Å². The number of hydrogen-bond donors (Lipinski definition) is 1. The maximum atomic E-state index is 4.64. The molecule has 2 aromatic rings. The van der Waals surface area contributed by atoms with Crippen molar-refractivity contribution >= 4 is 51.1 Å². The molecule has 4 heteroatoms. The summed E-state index contributed by atoms with van der Waals surface area (Å²) >= 11 is 4.20. The Balaban J connectivity index is 2.26. The van der Waals surface area contributed by atoms with Crippen LogP contribution in [0.5, 0.6) is 0 Å². The van der Waals surface area contributed by atoms with Gasteiger partial charge in [-0.15, -0.1) is 11.8 Å². The topological polar surface area (TPSA) is 24.9 Å². The van der Waals surface area contributed by atoms with Gasteiger partial charge in [-0.2, -0.15) is 0 Å². The number of benzene rings is 1. The van der Waals surface area contributed by atoms with E-state index >= 15 is 0 Å². The van der Waals surface area contributed by atoms with Crippen LogP contribution in [0.1, 0.15) is 0 Å². The largest absolute Gasteiger partial charge is 0.368 e. The molecule has 0 atom stereocenters. The van der Waals surface area contributed by atoms with Gasteiger partial charge in [-0.05, 0) is 40.8 Å². The zero-order valence-electron chi connectivity index (χ0n) is 7.96. The van der Waals surface area contributed by atoms with Gasteiger partial charge in [0.1, 0.15) is 5.82 Å². The van der Waals surface area contributed by atoms with E-state index < -0.39 is 0 Å². The van der Waals surface area contributed by atoms with Crippen molar-refractivity contribution in [2.75, 3.05) is 17.6 Å².